The average Bonchev–Trinajstić information content (AvgIpc) is 2.40. The maximum Gasteiger partial charge on any atom is 0.417 e. The van der Waals surface area contributed by atoms with Gasteiger partial charge in [0.25, 0.3) is 0 Å². The van der Waals surface area contributed by atoms with Crippen molar-refractivity contribution in [3.63, 3.8) is 0 Å². The van der Waals surface area contributed by atoms with Gasteiger partial charge in [-0.2, -0.15) is 13.2 Å². The summed E-state index contributed by atoms with van der Waals surface area (Å²) < 4.78 is 39.4. The molecule has 0 amide bonds. The van der Waals surface area contributed by atoms with E-state index in [1.807, 2.05) is 0 Å². The van der Waals surface area contributed by atoms with Gasteiger partial charge in [-0.15, -0.1) is 0 Å². The van der Waals surface area contributed by atoms with Crippen molar-refractivity contribution in [1.82, 2.24) is 5.32 Å². The molecule has 0 fully saturated rings. The van der Waals surface area contributed by atoms with Crippen LogP contribution >= 0.6 is 15.9 Å². The van der Waals surface area contributed by atoms with E-state index in [1.165, 1.54) is 12.2 Å². The highest BCUT2D eigenvalue weighted by Gasteiger charge is 2.37. The lowest BCUT2D eigenvalue weighted by atomic mass is 9.98. The van der Waals surface area contributed by atoms with Crippen LogP contribution in [0.3, 0.4) is 0 Å². The minimum Gasteiger partial charge on any atom is -0.349 e. The SMILES string of the molecule is CC1=C(Br)NC2=CC=CC=C(C(F)(F)F)C2=C1. The van der Waals surface area contributed by atoms with Crippen molar-refractivity contribution in [3.8, 4) is 0 Å². The second-order valence-electron chi connectivity index (χ2n) is 3.72. The van der Waals surface area contributed by atoms with E-state index in [4.69, 9.17) is 0 Å². The summed E-state index contributed by atoms with van der Waals surface area (Å²) in [6, 6.07) is 0. The number of fused-ring (bicyclic) bond motifs is 1. The summed E-state index contributed by atoms with van der Waals surface area (Å²) in [6.45, 7) is 1.74. The Labute approximate surface area is 105 Å². The number of nitrogens with one attached hydrogen (secondary N) is 1. The van der Waals surface area contributed by atoms with Crippen LogP contribution in [0, 0.1) is 0 Å². The average molecular weight is 304 g/mol. The Hall–Kier alpha value is -1.23. The van der Waals surface area contributed by atoms with Gasteiger partial charge >= 0.3 is 6.18 Å². The van der Waals surface area contributed by atoms with Crippen LogP contribution in [0.2, 0.25) is 0 Å². The monoisotopic (exact) mass is 303 g/mol. The van der Waals surface area contributed by atoms with Gasteiger partial charge in [0, 0.05) is 11.3 Å². The first-order chi connectivity index (χ1) is 7.89. The number of rotatable bonds is 0. The number of allylic oxidation sites excluding steroid dienone is 7. The molecule has 0 radical (unpaired) electrons. The molecule has 1 aliphatic carbocycles. The van der Waals surface area contributed by atoms with E-state index < -0.39 is 11.7 Å². The Morgan fingerprint density at radius 3 is 2.47 bits per heavy atom. The molecular weight excluding hydrogens is 295 g/mol. The molecule has 0 atom stereocenters. The van der Waals surface area contributed by atoms with Gasteiger partial charge in [-0.3, -0.25) is 0 Å². The van der Waals surface area contributed by atoms with Crippen molar-refractivity contribution >= 4 is 15.9 Å². The fourth-order valence-corrected chi connectivity index (χ4v) is 1.96. The molecule has 1 aliphatic heterocycles. The molecule has 1 N–H and O–H groups in total. The zero-order chi connectivity index (χ0) is 12.6. The molecule has 0 spiro atoms. The van der Waals surface area contributed by atoms with Gasteiger partial charge in [-0.25, -0.2) is 0 Å². The van der Waals surface area contributed by atoms with Crippen LogP contribution in [0.4, 0.5) is 13.2 Å². The van der Waals surface area contributed by atoms with Crippen molar-refractivity contribution in [1.29, 1.82) is 0 Å². The summed E-state index contributed by atoms with van der Waals surface area (Å²) in [5.41, 5.74) is 0.710. The van der Waals surface area contributed by atoms with Gasteiger partial charge in [-0.05, 0) is 46.7 Å². The molecule has 17 heavy (non-hydrogen) atoms. The molecule has 1 nitrogen and oxygen atoms in total. The molecule has 2 aliphatic rings. The van der Waals surface area contributed by atoms with Gasteiger partial charge in [0.2, 0.25) is 0 Å². The normalized spacial score (nSPS) is 19.9. The van der Waals surface area contributed by atoms with Crippen LogP contribution in [0.15, 0.2) is 57.4 Å². The Morgan fingerprint density at radius 1 is 1.18 bits per heavy atom. The third kappa shape index (κ3) is 2.39. The molecule has 2 rings (SSSR count). The fraction of sp³-hybridized carbons (Fsp3) is 0.167. The number of dihydropyridines is 1. The third-order valence-electron chi connectivity index (χ3n) is 2.47. The largest absolute Gasteiger partial charge is 0.417 e. The first kappa shape index (κ1) is 12.2. The van der Waals surface area contributed by atoms with Crippen molar-refractivity contribution in [2.45, 2.75) is 13.1 Å². The van der Waals surface area contributed by atoms with E-state index in [0.29, 0.717) is 10.3 Å². The molecule has 0 saturated heterocycles. The Bertz CT molecular complexity index is 504. The lowest BCUT2D eigenvalue weighted by Crippen LogP contribution is -2.22. The second kappa shape index (κ2) is 4.22. The molecule has 0 aromatic heterocycles. The van der Waals surface area contributed by atoms with Crippen molar-refractivity contribution in [2.24, 2.45) is 0 Å². The van der Waals surface area contributed by atoms with Crippen LogP contribution < -0.4 is 5.32 Å². The highest BCUT2D eigenvalue weighted by atomic mass is 79.9. The third-order valence-corrected chi connectivity index (χ3v) is 3.30. The molecule has 0 aromatic rings. The van der Waals surface area contributed by atoms with Crippen molar-refractivity contribution in [3.05, 3.63) is 57.4 Å². The van der Waals surface area contributed by atoms with Gasteiger partial charge < -0.3 is 5.32 Å². The lowest BCUT2D eigenvalue weighted by Gasteiger charge is -2.22. The topological polar surface area (TPSA) is 12.0 Å². The molecule has 1 heterocycles. The summed E-state index contributed by atoms with van der Waals surface area (Å²) in [5, 5.41) is 2.91. The standard InChI is InChI=1S/C12H9BrF3N/c1-7-6-8-9(12(14,15)16)4-2-3-5-10(8)17-11(7)13/h2-6,17H,1H3. The van der Waals surface area contributed by atoms with Crippen LogP contribution in [0.1, 0.15) is 6.92 Å². The number of hydrogen-bond donors (Lipinski definition) is 1. The summed E-state index contributed by atoms with van der Waals surface area (Å²) in [5.74, 6) is 0. The molecule has 5 heteroatoms. The van der Waals surface area contributed by atoms with Crippen LogP contribution in [0.5, 0.6) is 0 Å². The number of hydrogen-bond acceptors (Lipinski definition) is 1. The van der Waals surface area contributed by atoms with E-state index in [-0.39, 0.29) is 5.57 Å². The number of alkyl halides is 3. The smallest absolute Gasteiger partial charge is 0.349 e. The van der Waals surface area contributed by atoms with Gasteiger partial charge in [0.05, 0.1) is 10.2 Å². The summed E-state index contributed by atoms with van der Waals surface area (Å²) >= 11 is 3.27. The lowest BCUT2D eigenvalue weighted by molar-refractivity contribution is -0.0891. The van der Waals surface area contributed by atoms with Crippen molar-refractivity contribution in [2.75, 3.05) is 0 Å². The Balaban J connectivity index is 2.57. The minimum atomic E-state index is -4.36. The van der Waals surface area contributed by atoms with Gasteiger partial charge in [-0.1, -0.05) is 12.2 Å². The minimum absolute atomic E-state index is 0.170. The van der Waals surface area contributed by atoms with E-state index in [1.54, 1.807) is 19.1 Å². The van der Waals surface area contributed by atoms with Crippen LogP contribution in [0.25, 0.3) is 0 Å². The van der Waals surface area contributed by atoms with Gasteiger partial charge in [0.1, 0.15) is 0 Å². The van der Waals surface area contributed by atoms with E-state index >= 15 is 0 Å². The molecule has 0 aromatic carbocycles. The zero-order valence-corrected chi connectivity index (χ0v) is 10.5. The predicted molar refractivity (Wildman–Crippen MR) is 64.2 cm³/mol. The van der Waals surface area contributed by atoms with Crippen molar-refractivity contribution < 1.29 is 13.2 Å². The quantitative estimate of drug-likeness (QED) is 0.665. The summed E-state index contributed by atoms with van der Waals surface area (Å²) in [7, 11) is 0. The van der Waals surface area contributed by atoms with E-state index in [2.05, 4.69) is 21.2 Å². The highest BCUT2D eigenvalue weighted by molar-refractivity contribution is 9.11. The van der Waals surface area contributed by atoms with Crippen LogP contribution in [-0.4, -0.2) is 6.18 Å². The zero-order valence-electron chi connectivity index (χ0n) is 8.90. The number of halogens is 4. The Kier molecular flexibility index (Phi) is 3.03. The van der Waals surface area contributed by atoms with Gasteiger partial charge in [0.15, 0.2) is 0 Å². The molecular formula is C12H9BrF3N. The highest BCUT2D eigenvalue weighted by Crippen LogP contribution is 2.38. The molecule has 0 unspecified atom stereocenters. The van der Waals surface area contributed by atoms with E-state index in [0.717, 1.165) is 11.6 Å². The fourth-order valence-electron chi connectivity index (χ4n) is 1.64. The summed E-state index contributed by atoms with van der Waals surface area (Å²) in [4.78, 5) is 0. The molecule has 0 bridgehead atoms. The molecule has 0 saturated carbocycles. The Morgan fingerprint density at radius 2 is 1.82 bits per heavy atom. The summed E-state index contributed by atoms with van der Waals surface area (Å²) in [6.07, 6.45) is 2.85. The van der Waals surface area contributed by atoms with E-state index in [9.17, 15) is 13.2 Å². The maximum absolute atomic E-state index is 12.9. The molecule has 90 valence electrons. The first-order valence-corrected chi connectivity index (χ1v) is 5.70. The first-order valence-electron chi connectivity index (χ1n) is 4.91. The second-order valence-corrected chi connectivity index (χ2v) is 4.52. The predicted octanol–water partition coefficient (Wildman–Crippen LogP) is 4.08. The van der Waals surface area contributed by atoms with Crippen LogP contribution in [-0.2, 0) is 0 Å². The maximum atomic E-state index is 12.9.